The molecule has 1 aliphatic heterocycles. The average molecular weight is 315 g/mol. The Bertz CT molecular complexity index is 681. The van der Waals surface area contributed by atoms with E-state index in [1.54, 1.807) is 11.8 Å². The molecule has 2 heterocycles. The highest BCUT2D eigenvalue weighted by atomic mass is 32.2. The largest absolute Gasteiger partial charge is 0.343 e. The first-order valence-electron chi connectivity index (χ1n) is 7.56. The van der Waals surface area contributed by atoms with E-state index >= 15 is 0 Å². The summed E-state index contributed by atoms with van der Waals surface area (Å²) in [5, 5.41) is 17.7. The quantitative estimate of drug-likeness (QED) is 0.905. The van der Waals surface area contributed by atoms with Gasteiger partial charge in [0.15, 0.2) is 5.82 Å². The monoisotopic (exact) mass is 315 g/mol. The third-order valence-corrected chi connectivity index (χ3v) is 5.79. The lowest BCUT2D eigenvalue weighted by Crippen LogP contribution is -2.46. The van der Waals surface area contributed by atoms with Gasteiger partial charge in [0, 0.05) is 10.6 Å². The Morgan fingerprint density at radius 2 is 2.14 bits per heavy atom. The molecule has 0 bridgehead atoms. The van der Waals surface area contributed by atoms with Crippen LogP contribution < -0.4 is 5.32 Å². The molecular weight excluding hydrogens is 298 g/mol. The zero-order chi connectivity index (χ0) is 15.0. The Morgan fingerprint density at radius 3 is 2.91 bits per heavy atom. The number of hydrogen-bond donors (Lipinski definition) is 2. The lowest BCUT2D eigenvalue weighted by Gasteiger charge is -2.28. The van der Waals surface area contributed by atoms with Crippen LogP contribution in [-0.4, -0.2) is 32.3 Å². The van der Waals surface area contributed by atoms with Gasteiger partial charge in [-0.2, -0.15) is 5.21 Å². The summed E-state index contributed by atoms with van der Waals surface area (Å²) in [4.78, 5) is 14.1. The number of nitrogens with zero attached hydrogens (tertiary/aromatic N) is 3. The molecule has 22 heavy (non-hydrogen) atoms. The lowest BCUT2D eigenvalue weighted by atomic mass is 9.93. The Kier molecular flexibility index (Phi) is 3.37. The zero-order valence-electron chi connectivity index (χ0n) is 12.1. The van der Waals surface area contributed by atoms with Crippen molar-refractivity contribution < 1.29 is 4.79 Å². The van der Waals surface area contributed by atoms with Crippen molar-refractivity contribution in [1.29, 1.82) is 0 Å². The Balaban J connectivity index is 1.59. The third kappa shape index (κ3) is 2.20. The Labute approximate surface area is 132 Å². The number of rotatable bonds is 3. The minimum absolute atomic E-state index is 0.0733. The molecule has 1 aliphatic carbocycles. The van der Waals surface area contributed by atoms with Crippen LogP contribution in [0.5, 0.6) is 0 Å². The number of aromatic amines is 1. The topological polar surface area (TPSA) is 83.6 Å². The molecule has 2 aromatic rings. The molecule has 2 N–H and O–H groups in total. The van der Waals surface area contributed by atoms with Crippen LogP contribution in [0.15, 0.2) is 29.2 Å². The van der Waals surface area contributed by atoms with Crippen LogP contribution in [0.3, 0.4) is 0 Å². The normalized spacial score (nSPS) is 22.5. The third-order valence-electron chi connectivity index (χ3n) is 4.61. The highest BCUT2D eigenvalue weighted by molar-refractivity contribution is 7.99. The molecule has 6 nitrogen and oxygen atoms in total. The molecule has 0 saturated heterocycles. The van der Waals surface area contributed by atoms with E-state index in [-0.39, 0.29) is 11.8 Å². The Hall–Kier alpha value is -1.89. The van der Waals surface area contributed by atoms with E-state index in [4.69, 9.17) is 0 Å². The summed E-state index contributed by atoms with van der Waals surface area (Å²) in [5.74, 6) is 1.39. The molecule has 4 rings (SSSR count). The van der Waals surface area contributed by atoms with Crippen molar-refractivity contribution in [1.82, 2.24) is 25.9 Å². The van der Waals surface area contributed by atoms with Crippen LogP contribution in [0.4, 0.5) is 0 Å². The fraction of sp³-hybridized carbons (Fsp3) is 0.467. The van der Waals surface area contributed by atoms with Gasteiger partial charge in [-0.3, -0.25) is 4.79 Å². The minimum Gasteiger partial charge on any atom is -0.343 e. The van der Waals surface area contributed by atoms with Gasteiger partial charge in [-0.1, -0.05) is 36.3 Å². The van der Waals surface area contributed by atoms with Gasteiger partial charge < -0.3 is 5.32 Å². The van der Waals surface area contributed by atoms with E-state index in [0.29, 0.717) is 5.82 Å². The summed E-state index contributed by atoms with van der Waals surface area (Å²) in [6.45, 7) is 0. The fourth-order valence-corrected chi connectivity index (χ4v) is 4.68. The number of nitrogens with one attached hydrogen (secondary N) is 2. The van der Waals surface area contributed by atoms with Crippen molar-refractivity contribution in [3.8, 4) is 0 Å². The van der Waals surface area contributed by atoms with Crippen LogP contribution >= 0.6 is 11.8 Å². The Morgan fingerprint density at radius 1 is 1.32 bits per heavy atom. The number of fused-ring (bicyclic) bond motifs is 1. The van der Waals surface area contributed by atoms with Crippen molar-refractivity contribution in [3.05, 3.63) is 35.7 Å². The SMILES string of the molecule is O=C(NC1(c2nn[nH]n2)CCCC1)C1CSc2ccccc21. The number of tetrazole rings is 1. The van der Waals surface area contributed by atoms with Gasteiger partial charge >= 0.3 is 0 Å². The molecule has 1 aromatic carbocycles. The maximum atomic E-state index is 12.9. The smallest absolute Gasteiger partial charge is 0.229 e. The first kappa shape index (κ1) is 13.8. The first-order chi connectivity index (χ1) is 10.8. The summed E-state index contributed by atoms with van der Waals surface area (Å²) in [6, 6.07) is 8.15. The molecule has 7 heteroatoms. The number of amides is 1. The number of hydrogen-bond acceptors (Lipinski definition) is 5. The molecule has 2 aliphatic rings. The van der Waals surface area contributed by atoms with E-state index in [1.165, 1.54) is 4.90 Å². The number of benzene rings is 1. The predicted octanol–water partition coefficient (Wildman–Crippen LogP) is 1.97. The fourth-order valence-electron chi connectivity index (χ4n) is 3.45. The summed E-state index contributed by atoms with van der Waals surface area (Å²) < 4.78 is 0. The summed E-state index contributed by atoms with van der Waals surface area (Å²) in [7, 11) is 0. The van der Waals surface area contributed by atoms with Crippen LogP contribution in [0.1, 0.15) is 43.0 Å². The molecule has 1 saturated carbocycles. The van der Waals surface area contributed by atoms with Crippen LogP contribution in [0.25, 0.3) is 0 Å². The second kappa shape index (κ2) is 5.39. The molecular formula is C15H17N5OS. The molecule has 1 amide bonds. The highest BCUT2D eigenvalue weighted by Gasteiger charge is 2.43. The maximum absolute atomic E-state index is 12.9. The van der Waals surface area contributed by atoms with Gasteiger partial charge in [0.2, 0.25) is 5.91 Å². The number of H-pyrrole nitrogens is 1. The summed E-state index contributed by atoms with van der Waals surface area (Å²) in [6.07, 6.45) is 3.90. The molecule has 1 fully saturated rings. The van der Waals surface area contributed by atoms with Gasteiger partial charge in [0.25, 0.3) is 0 Å². The molecule has 1 unspecified atom stereocenters. The second-order valence-corrected chi connectivity index (χ2v) is 6.98. The molecule has 114 valence electrons. The predicted molar refractivity (Wildman–Crippen MR) is 82.4 cm³/mol. The maximum Gasteiger partial charge on any atom is 0.229 e. The lowest BCUT2D eigenvalue weighted by molar-refractivity contribution is -0.124. The second-order valence-electron chi connectivity index (χ2n) is 5.92. The van der Waals surface area contributed by atoms with Crippen molar-refractivity contribution in [2.75, 3.05) is 5.75 Å². The van der Waals surface area contributed by atoms with Crippen molar-refractivity contribution in [2.45, 2.75) is 42.0 Å². The van der Waals surface area contributed by atoms with E-state index in [1.807, 2.05) is 12.1 Å². The minimum atomic E-state index is -0.452. The van der Waals surface area contributed by atoms with Crippen molar-refractivity contribution >= 4 is 17.7 Å². The molecule has 1 atom stereocenters. The summed E-state index contributed by atoms with van der Waals surface area (Å²) in [5.41, 5.74) is 0.679. The van der Waals surface area contributed by atoms with Crippen LogP contribution in [-0.2, 0) is 10.3 Å². The van der Waals surface area contributed by atoms with E-state index < -0.39 is 5.54 Å². The van der Waals surface area contributed by atoms with Gasteiger partial charge in [-0.25, -0.2) is 0 Å². The standard InChI is InChI=1S/C15H17N5OS/c21-13(11-9-22-12-6-2-1-5-10(11)12)16-15(7-3-4-8-15)14-17-19-20-18-14/h1-2,5-6,11H,3-4,7-9H2,(H,16,21)(H,17,18,19,20). The summed E-state index contributed by atoms with van der Waals surface area (Å²) >= 11 is 1.75. The number of aromatic nitrogens is 4. The van der Waals surface area contributed by atoms with Crippen LogP contribution in [0, 0.1) is 0 Å². The molecule has 0 radical (unpaired) electrons. The van der Waals surface area contributed by atoms with E-state index in [0.717, 1.165) is 37.0 Å². The van der Waals surface area contributed by atoms with E-state index in [9.17, 15) is 4.79 Å². The van der Waals surface area contributed by atoms with Gasteiger partial charge in [-0.15, -0.1) is 22.0 Å². The zero-order valence-corrected chi connectivity index (χ0v) is 12.9. The molecule has 0 spiro atoms. The average Bonchev–Trinajstić information content (AvgIpc) is 3.27. The van der Waals surface area contributed by atoms with Crippen molar-refractivity contribution in [2.24, 2.45) is 0 Å². The first-order valence-corrected chi connectivity index (χ1v) is 8.55. The van der Waals surface area contributed by atoms with E-state index in [2.05, 4.69) is 38.1 Å². The van der Waals surface area contributed by atoms with Gasteiger partial charge in [-0.05, 0) is 24.5 Å². The van der Waals surface area contributed by atoms with Crippen LogP contribution in [0.2, 0.25) is 0 Å². The van der Waals surface area contributed by atoms with Gasteiger partial charge in [0.05, 0.1) is 5.92 Å². The number of carbonyl (C=O) groups is 1. The highest BCUT2D eigenvalue weighted by Crippen LogP contribution is 2.41. The molecule has 1 aromatic heterocycles. The number of carbonyl (C=O) groups excluding carboxylic acids is 1. The van der Waals surface area contributed by atoms with Crippen molar-refractivity contribution in [3.63, 3.8) is 0 Å². The van der Waals surface area contributed by atoms with Gasteiger partial charge in [0.1, 0.15) is 5.54 Å². The number of thioether (sulfide) groups is 1.